The fourth-order valence-electron chi connectivity index (χ4n) is 2.03. The van der Waals surface area contributed by atoms with Crippen molar-refractivity contribution in [2.75, 3.05) is 32.7 Å². The molecular weight excluding hydrogens is 212 g/mol. The minimum atomic E-state index is 0.579. The van der Waals surface area contributed by atoms with Gasteiger partial charge in [0, 0.05) is 38.8 Å². The third kappa shape index (κ3) is 4.54. The van der Waals surface area contributed by atoms with E-state index in [-0.39, 0.29) is 0 Å². The Morgan fingerprint density at radius 3 is 2.24 bits per heavy atom. The van der Waals surface area contributed by atoms with Gasteiger partial charge in [0.1, 0.15) is 0 Å². The highest BCUT2D eigenvalue weighted by atomic mass is 15.3. The van der Waals surface area contributed by atoms with Crippen molar-refractivity contribution in [3.8, 4) is 0 Å². The van der Waals surface area contributed by atoms with Crippen LogP contribution in [-0.4, -0.2) is 54.5 Å². The summed E-state index contributed by atoms with van der Waals surface area (Å²) in [7, 11) is 0. The Morgan fingerprint density at radius 2 is 1.76 bits per heavy atom. The molecule has 0 aromatic carbocycles. The molecule has 1 rings (SSSR count). The molecule has 4 heteroatoms. The van der Waals surface area contributed by atoms with Crippen molar-refractivity contribution in [3.05, 3.63) is 0 Å². The van der Waals surface area contributed by atoms with Crippen LogP contribution in [0.25, 0.3) is 0 Å². The molecule has 1 aliphatic rings. The van der Waals surface area contributed by atoms with Gasteiger partial charge in [0.25, 0.3) is 0 Å². The average molecular weight is 240 g/mol. The van der Waals surface area contributed by atoms with E-state index in [9.17, 15) is 0 Å². The highest BCUT2D eigenvalue weighted by Gasteiger charge is 2.20. The Hall–Kier alpha value is -0.770. The van der Waals surface area contributed by atoms with E-state index in [1.807, 2.05) is 0 Å². The van der Waals surface area contributed by atoms with Gasteiger partial charge < -0.3 is 10.6 Å². The highest BCUT2D eigenvalue weighted by Crippen LogP contribution is 2.08. The number of hydrogen-bond donors (Lipinski definition) is 1. The molecule has 1 heterocycles. The number of aliphatic imine (C=N–C) groups is 1. The Morgan fingerprint density at radius 1 is 1.18 bits per heavy atom. The van der Waals surface area contributed by atoms with Crippen LogP contribution in [0.5, 0.6) is 0 Å². The standard InChI is InChI=1S/C13H28N4/c1-5-12(4)16-6-8-17(9-7-16)13(14)15-10-11(2)3/h11-12H,5-10H2,1-4H3,(H2,14,15). The van der Waals surface area contributed by atoms with Gasteiger partial charge in [-0.2, -0.15) is 0 Å². The fourth-order valence-corrected chi connectivity index (χ4v) is 2.03. The van der Waals surface area contributed by atoms with Crippen molar-refractivity contribution in [1.29, 1.82) is 0 Å². The van der Waals surface area contributed by atoms with E-state index in [2.05, 4.69) is 42.5 Å². The Bertz CT molecular complexity index is 242. The first-order valence-electron chi connectivity index (χ1n) is 6.83. The van der Waals surface area contributed by atoms with Crippen molar-refractivity contribution in [2.24, 2.45) is 16.6 Å². The second-order valence-corrected chi connectivity index (χ2v) is 5.37. The van der Waals surface area contributed by atoms with Crippen molar-refractivity contribution in [1.82, 2.24) is 9.80 Å². The maximum atomic E-state index is 6.01. The fraction of sp³-hybridized carbons (Fsp3) is 0.923. The molecule has 1 unspecified atom stereocenters. The lowest BCUT2D eigenvalue weighted by molar-refractivity contribution is 0.137. The highest BCUT2D eigenvalue weighted by molar-refractivity contribution is 5.78. The van der Waals surface area contributed by atoms with Crippen molar-refractivity contribution >= 4 is 5.96 Å². The summed E-state index contributed by atoms with van der Waals surface area (Å²) in [5, 5.41) is 0. The van der Waals surface area contributed by atoms with E-state index in [0.29, 0.717) is 12.0 Å². The van der Waals surface area contributed by atoms with Crippen LogP contribution in [0.4, 0.5) is 0 Å². The number of nitrogens with zero attached hydrogens (tertiary/aromatic N) is 3. The molecule has 0 bridgehead atoms. The summed E-state index contributed by atoms with van der Waals surface area (Å²) in [4.78, 5) is 9.18. The molecular formula is C13H28N4. The molecule has 0 saturated carbocycles. The lowest BCUT2D eigenvalue weighted by Gasteiger charge is -2.38. The summed E-state index contributed by atoms with van der Waals surface area (Å²) in [6.45, 7) is 13.9. The smallest absolute Gasteiger partial charge is 0.191 e. The maximum Gasteiger partial charge on any atom is 0.191 e. The van der Waals surface area contributed by atoms with Gasteiger partial charge in [-0.3, -0.25) is 9.89 Å². The second-order valence-electron chi connectivity index (χ2n) is 5.37. The summed E-state index contributed by atoms with van der Waals surface area (Å²) < 4.78 is 0. The van der Waals surface area contributed by atoms with Gasteiger partial charge in [0.05, 0.1) is 0 Å². The second kappa shape index (κ2) is 6.84. The van der Waals surface area contributed by atoms with Crippen LogP contribution in [0.1, 0.15) is 34.1 Å². The minimum Gasteiger partial charge on any atom is -0.370 e. The molecule has 100 valence electrons. The summed E-state index contributed by atoms with van der Waals surface area (Å²) in [5.41, 5.74) is 6.01. The van der Waals surface area contributed by atoms with E-state index in [1.165, 1.54) is 6.42 Å². The van der Waals surface area contributed by atoms with Gasteiger partial charge in [-0.15, -0.1) is 0 Å². The number of guanidine groups is 1. The average Bonchev–Trinajstić information content (AvgIpc) is 2.35. The molecule has 0 amide bonds. The number of nitrogens with two attached hydrogens (primary N) is 1. The molecule has 1 saturated heterocycles. The summed E-state index contributed by atoms with van der Waals surface area (Å²) in [5.74, 6) is 1.30. The van der Waals surface area contributed by atoms with Crippen LogP contribution < -0.4 is 5.73 Å². The lowest BCUT2D eigenvalue weighted by Crippen LogP contribution is -2.53. The summed E-state index contributed by atoms with van der Waals surface area (Å²) in [6.07, 6.45) is 1.22. The molecule has 0 aromatic rings. The third-order valence-corrected chi connectivity index (χ3v) is 3.47. The van der Waals surface area contributed by atoms with E-state index in [1.54, 1.807) is 0 Å². The van der Waals surface area contributed by atoms with Crippen molar-refractivity contribution in [2.45, 2.75) is 40.2 Å². The lowest BCUT2D eigenvalue weighted by atomic mass is 10.2. The number of hydrogen-bond acceptors (Lipinski definition) is 2. The van der Waals surface area contributed by atoms with Gasteiger partial charge in [0.2, 0.25) is 0 Å². The SMILES string of the molecule is CCC(C)N1CCN(C(N)=NCC(C)C)CC1. The molecule has 1 atom stereocenters. The van der Waals surface area contributed by atoms with Gasteiger partial charge in [-0.1, -0.05) is 20.8 Å². The minimum absolute atomic E-state index is 0.579. The van der Waals surface area contributed by atoms with Gasteiger partial charge in [-0.25, -0.2) is 0 Å². The van der Waals surface area contributed by atoms with Gasteiger partial charge in [0.15, 0.2) is 5.96 Å². The topological polar surface area (TPSA) is 44.9 Å². The molecule has 2 N–H and O–H groups in total. The van der Waals surface area contributed by atoms with Gasteiger partial charge in [-0.05, 0) is 19.3 Å². The third-order valence-electron chi connectivity index (χ3n) is 3.47. The van der Waals surface area contributed by atoms with Crippen LogP contribution in [0.2, 0.25) is 0 Å². The quantitative estimate of drug-likeness (QED) is 0.596. The molecule has 0 radical (unpaired) electrons. The first-order valence-corrected chi connectivity index (χ1v) is 6.83. The largest absolute Gasteiger partial charge is 0.370 e. The van der Waals surface area contributed by atoms with Crippen LogP contribution in [0.15, 0.2) is 4.99 Å². The first kappa shape index (κ1) is 14.3. The first-order chi connectivity index (χ1) is 8.04. The van der Waals surface area contributed by atoms with E-state index in [0.717, 1.165) is 38.7 Å². The zero-order valence-corrected chi connectivity index (χ0v) is 11.8. The summed E-state index contributed by atoms with van der Waals surface area (Å²) in [6, 6.07) is 0.686. The van der Waals surface area contributed by atoms with Crippen molar-refractivity contribution < 1.29 is 0 Å². The van der Waals surface area contributed by atoms with Gasteiger partial charge >= 0.3 is 0 Å². The molecule has 1 fully saturated rings. The van der Waals surface area contributed by atoms with Crippen LogP contribution >= 0.6 is 0 Å². The molecule has 17 heavy (non-hydrogen) atoms. The predicted molar refractivity (Wildman–Crippen MR) is 74.2 cm³/mol. The molecule has 0 spiro atoms. The number of rotatable bonds is 4. The zero-order valence-electron chi connectivity index (χ0n) is 11.8. The molecule has 4 nitrogen and oxygen atoms in total. The Kier molecular flexibility index (Phi) is 5.75. The maximum absolute atomic E-state index is 6.01. The van der Waals surface area contributed by atoms with E-state index >= 15 is 0 Å². The van der Waals surface area contributed by atoms with Crippen LogP contribution in [0, 0.1) is 5.92 Å². The monoisotopic (exact) mass is 240 g/mol. The Balaban J connectivity index is 2.38. The van der Waals surface area contributed by atoms with Crippen molar-refractivity contribution in [3.63, 3.8) is 0 Å². The predicted octanol–water partition coefficient (Wildman–Crippen LogP) is 1.37. The van der Waals surface area contributed by atoms with Crippen LogP contribution in [-0.2, 0) is 0 Å². The molecule has 0 aliphatic carbocycles. The Labute approximate surface area is 106 Å². The zero-order chi connectivity index (χ0) is 12.8. The van der Waals surface area contributed by atoms with E-state index in [4.69, 9.17) is 5.73 Å². The number of piperazine rings is 1. The molecule has 1 aliphatic heterocycles. The molecule has 0 aromatic heterocycles. The summed E-state index contributed by atoms with van der Waals surface area (Å²) >= 11 is 0. The normalized spacial score (nSPS) is 21.0. The van der Waals surface area contributed by atoms with Crippen LogP contribution in [0.3, 0.4) is 0 Å². The van der Waals surface area contributed by atoms with E-state index < -0.39 is 0 Å².